The van der Waals surface area contributed by atoms with Gasteiger partial charge in [0.25, 0.3) is 5.91 Å². The van der Waals surface area contributed by atoms with Gasteiger partial charge in [-0.2, -0.15) is 5.10 Å². The fraction of sp³-hybridized carbons (Fsp3) is 0.316. The average molecular weight is 370 g/mol. The van der Waals surface area contributed by atoms with Crippen molar-refractivity contribution in [3.8, 4) is 0 Å². The van der Waals surface area contributed by atoms with E-state index in [4.69, 9.17) is 4.52 Å². The van der Waals surface area contributed by atoms with Crippen LogP contribution in [0.25, 0.3) is 0 Å². The number of hydrogen-bond donors (Lipinski definition) is 1. The van der Waals surface area contributed by atoms with Crippen molar-refractivity contribution in [2.24, 2.45) is 0 Å². The van der Waals surface area contributed by atoms with Crippen LogP contribution in [0, 0.1) is 20.8 Å². The van der Waals surface area contributed by atoms with E-state index in [1.54, 1.807) is 11.8 Å². The van der Waals surface area contributed by atoms with Crippen LogP contribution in [-0.2, 0) is 13.1 Å². The van der Waals surface area contributed by atoms with Crippen LogP contribution in [0.4, 0.5) is 0 Å². The van der Waals surface area contributed by atoms with Crippen LogP contribution < -0.4 is 5.32 Å². The van der Waals surface area contributed by atoms with Crippen LogP contribution in [0.2, 0.25) is 0 Å². The molecule has 1 N–H and O–H groups in total. The molecule has 0 aliphatic heterocycles. The van der Waals surface area contributed by atoms with Crippen LogP contribution in [0.5, 0.6) is 0 Å². The third-order valence-electron chi connectivity index (χ3n) is 4.22. The Labute approximate surface area is 157 Å². The molecule has 0 unspecified atom stereocenters. The maximum Gasteiger partial charge on any atom is 0.274 e. The molecule has 0 radical (unpaired) electrons. The van der Waals surface area contributed by atoms with E-state index in [1.165, 1.54) is 4.90 Å². The Morgan fingerprint density at radius 2 is 1.96 bits per heavy atom. The minimum absolute atomic E-state index is 0.243. The highest BCUT2D eigenvalue weighted by molar-refractivity contribution is 7.98. The highest BCUT2D eigenvalue weighted by atomic mass is 32.2. The summed E-state index contributed by atoms with van der Waals surface area (Å²) in [5, 5.41) is 11.3. The molecule has 2 aromatic heterocycles. The van der Waals surface area contributed by atoms with E-state index in [2.05, 4.69) is 15.6 Å². The van der Waals surface area contributed by atoms with Gasteiger partial charge < -0.3 is 9.84 Å². The molecular formula is C19H22N4O2S. The summed E-state index contributed by atoms with van der Waals surface area (Å²) in [6.07, 6.45) is 2.04. The van der Waals surface area contributed by atoms with Crippen molar-refractivity contribution in [2.45, 2.75) is 38.8 Å². The van der Waals surface area contributed by atoms with E-state index in [0.717, 1.165) is 22.5 Å². The number of benzene rings is 1. The summed E-state index contributed by atoms with van der Waals surface area (Å²) in [7, 11) is 0. The fourth-order valence-electron chi connectivity index (χ4n) is 2.75. The molecule has 136 valence electrons. The molecule has 0 saturated heterocycles. The number of aryl methyl sites for hydroxylation is 3. The van der Waals surface area contributed by atoms with Crippen LogP contribution >= 0.6 is 11.8 Å². The van der Waals surface area contributed by atoms with Gasteiger partial charge in [-0.05, 0) is 50.8 Å². The Kier molecular flexibility index (Phi) is 5.46. The predicted molar refractivity (Wildman–Crippen MR) is 101 cm³/mol. The topological polar surface area (TPSA) is 73.0 Å². The number of nitrogens with zero attached hydrogens (tertiary/aromatic N) is 3. The van der Waals surface area contributed by atoms with Crippen LogP contribution in [-0.4, -0.2) is 27.1 Å². The molecule has 0 aliphatic rings. The van der Waals surface area contributed by atoms with Crippen molar-refractivity contribution in [1.29, 1.82) is 0 Å². The van der Waals surface area contributed by atoms with E-state index >= 15 is 0 Å². The van der Waals surface area contributed by atoms with Crippen molar-refractivity contribution < 1.29 is 9.32 Å². The maximum absolute atomic E-state index is 12.6. The molecule has 1 aromatic carbocycles. The van der Waals surface area contributed by atoms with Gasteiger partial charge >= 0.3 is 0 Å². The molecule has 0 spiro atoms. The number of rotatable bonds is 6. The zero-order valence-electron chi connectivity index (χ0n) is 15.4. The molecule has 0 bridgehead atoms. The largest absolute Gasteiger partial charge is 0.361 e. The quantitative estimate of drug-likeness (QED) is 0.672. The van der Waals surface area contributed by atoms with Gasteiger partial charge in [0.1, 0.15) is 5.76 Å². The Balaban J connectivity index is 1.72. The predicted octanol–water partition coefficient (Wildman–Crippen LogP) is 3.50. The molecule has 2 heterocycles. The lowest BCUT2D eigenvalue weighted by Crippen LogP contribution is -2.24. The molecule has 0 aliphatic carbocycles. The number of amides is 1. The van der Waals surface area contributed by atoms with E-state index < -0.39 is 0 Å². The summed E-state index contributed by atoms with van der Waals surface area (Å²) in [5.74, 6) is 0.388. The number of nitrogens with one attached hydrogen (secondary N) is 1. The Bertz CT molecular complexity index is 912. The van der Waals surface area contributed by atoms with Crippen LogP contribution in [0.3, 0.4) is 0 Å². The van der Waals surface area contributed by atoms with Crippen molar-refractivity contribution in [3.05, 3.63) is 64.3 Å². The molecule has 0 fully saturated rings. The molecular weight excluding hydrogens is 348 g/mol. The second-order valence-electron chi connectivity index (χ2n) is 6.18. The minimum atomic E-state index is -0.243. The van der Waals surface area contributed by atoms with Gasteiger partial charge in [-0.15, -0.1) is 11.8 Å². The standard InChI is InChI=1S/C19H22N4O2S/c1-12-9-13(2)23(21-12)11-17-14(3)25-22-18(17)19(24)20-10-15-5-7-16(26-4)8-6-15/h5-9H,10-11H2,1-4H3,(H,20,24). The smallest absolute Gasteiger partial charge is 0.274 e. The second kappa shape index (κ2) is 7.78. The zero-order chi connectivity index (χ0) is 18.7. The third-order valence-corrected chi connectivity index (χ3v) is 4.97. The Morgan fingerprint density at radius 1 is 1.23 bits per heavy atom. The van der Waals surface area contributed by atoms with Crippen LogP contribution in [0.15, 0.2) is 39.8 Å². The van der Waals surface area contributed by atoms with Crippen molar-refractivity contribution in [1.82, 2.24) is 20.3 Å². The highest BCUT2D eigenvalue weighted by Crippen LogP contribution is 2.17. The van der Waals surface area contributed by atoms with Crippen molar-refractivity contribution in [3.63, 3.8) is 0 Å². The summed E-state index contributed by atoms with van der Waals surface area (Å²) < 4.78 is 7.12. The molecule has 3 rings (SSSR count). The van der Waals surface area contributed by atoms with Crippen LogP contribution in [0.1, 0.15) is 38.8 Å². The minimum Gasteiger partial charge on any atom is -0.361 e. The summed E-state index contributed by atoms with van der Waals surface area (Å²) in [5.41, 5.74) is 4.08. The fourth-order valence-corrected chi connectivity index (χ4v) is 3.16. The molecule has 7 heteroatoms. The summed E-state index contributed by atoms with van der Waals surface area (Å²) in [4.78, 5) is 13.8. The first kappa shape index (κ1) is 18.3. The molecule has 1 amide bonds. The number of hydrogen-bond acceptors (Lipinski definition) is 5. The molecule has 3 aromatic rings. The lowest BCUT2D eigenvalue weighted by atomic mass is 10.1. The summed E-state index contributed by atoms with van der Waals surface area (Å²) in [6.45, 7) is 6.64. The Morgan fingerprint density at radius 3 is 2.58 bits per heavy atom. The van der Waals surface area contributed by atoms with E-state index in [9.17, 15) is 4.79 Å². The first-order valence-electron chi connectivity index (χ1n) is 8.35. The van der Waals surface area contributed by atoms with Crippen molar-refractivity contribution >= 4 is 17.7 Å². The van der Waals surface area contributed by atoms with Gasteiger partial charge in [0.05, 0.1) is 12.2 Å². The van der Waals surface area contributed by atoms with E-state index in [-0.39, 0.29) is 5.91 Å². The van der Waals surface area contributed by atoms with Gasteiger partial charge in [-0.1, -0.05) is 17.3 Å². The highest BCUT2D eigenvalue weighted by Gasteiger charge is 2.20. The second-order valence-corrected chi connectivity index (χ2v) is 7.06. The van der Waals surface area contributed by atoms with Gasteiger partial charge in [0, 0.05) is 22.7 Å². The number of aromatic nitrogens is 3. The Hall–Kier alpha value is -2.54. The molecule has 0 saturated carbocycles. The van der Waals surface area contributed by atoms with Crippen molar-refractivity contribution in [2.75, 3.05) is 6.26 Å². The number of thioether (sulfide) groups is 1. The van der Waals surface area contributed by atoms with Gasteiger partial charge in [-0.25, -0.2) is 0 Å². The normalized spacial score (nSPS) is 10.9. The zero-order valence-corrected chi connectivity index (χ0v) is 16.2. The van der Waals surface area contributed by atoms with Gasteiger partial charge in [0.2, 0.25) is 0 Å². The van der Waals surface area contributed by atoms with Gasteiger partial charge in [-0.3, -0.25) is 9.48 Å². The van der Waals surface area contributed by atoms with Gasteiger partial charge in [0.15, 0.2) is 5.69 Å². The maximum atomic E-state index is 12.6. The molecule has 26 heavy (non-hydrogen) atoms. The van der Waals surface area contributed by atoms with E-state index in [1.807, 2.05) is 62.0 Å². The monoisotopic (exact) mass is 370 g/mol. The first-order valence-corrected chi connectivity index (χ1v) is 9.57. The van der Waals surface area contributed by atoms with E-state index in [0.29, 0.717) is 24.5 Å². The molecule has 6 nitrogen and oxygen atoms in total. The first-order chi connectivity index (χ1) is 12.5. The SMILES string of the molecule is CSc1ccc(CNC(=O)c2noc(C)c2Cn2nc(C)cc2C)cc1. The lowest BCUT2D eigenvalue weighted by Gasteiger charge is -2.07. The third kappa shape index (κ3) is 3.99. The summed E-state index contributed by atoms with van der Waals surface area (Å²) in [6, 6.07) is 10.1. The summed E-state index contributed by atoms with van der Waals surface area (Å²) >= 11 is 1.69. The number of carbonyl (C=O) groups excluding carboxylic acids is 1. The molecule has 0 atom stereocenters. The lowest BCUT2D eigenvalue weighted by molar-refractivity contribution is 0.0941. The average Bonchev–Trinajstić information content (AvgIpc) is 3.15. The number of carbonyl (C=O) groups is 1.